The van der Waals surface area contributed by atoms with Crippen LogP contribution < -0.4 is 11.5 Å². The molecule has 0 saturated heterocycles. The predicted molar refractivity (Wildman–Crippen MR) is 49.7 cm³/mol. The van der Waals surface area contributed by atoms with Crippen molar-refractivity contribution in [1.29, 1.82) is 0 Å². The highest BCUT2D eigenvalue weighted by molar-refractivity contribution is 5.65. The Hall–Kier alpha value is -1.80. The van der Waals surface area contributed by atoms with E-state index in [4.69, 9.17) is 21.1 Å². The van der Waals surface area contributed by atoms with E-state index in [-0.39, 0.29) is 6.15 Å². The highest BCUT2D eigenvalue weighted by atomic mass is 16.2. The molecule has 0 bridgehead atoms. The van der Waals surface area contributed by atoms with Gasteiger partial charge in [-0.2, -0.15) is 9.59 Å². The smallest absolute Gasteiger partial charge is 0.373 e. The predicted octanol–water partition coefficient (Wildman–Crippen LogP) is 0.884. The number of aryl methyl sites for hydroxylation is 2. The average Bonchev–Trinajstić information content (AvgIpc) is 2.03. The van der Waals surface area contributed by atoms with E-state index in [1.54, 1.807) is 0 Å². The van der Waals surface area contributed by atoms with Crippen molar-refractivity contribution >= 4 is 17.5 Å². The summed E-state index contributed by atoms with van der Waals surface area (Å²) in [6.07, 6.45) is 0.250. The summed E-state index contributed by atoms with van der Waals surface area (Å²) < 4.78 is 0. The molecule has 70 valence electrons. The van der Waals surface area contributed by atoms with Crippen LogP contribution in [0.5, 0.6) is 0 Å². The van der Waals surface area contributed by atoms with Gasteiger partial charge >= 0.3 is 6.15 Å². The van der Waals surface area contributed by atoms with Crippen molar-refractivity contribution in [1.82, 2.24) is 0 Å². The zero-order chi connectivity index (χ0) is 10.4. The summed E-state index contributed by atoms with van der Waals surface area (Å²) in [7, 11) is 0. The van der Waals surface area contributed by atoms with Gasteiger partial charge in [-0.3, -0.25) is 0 Å². The minimum absolute atomic E-state index is 0.250. The van der Waals surface area contributed by atoms with Crippen molar-refractivity contribution in [3.8, 4) is 0 Å². The normalized spacial score (nSPS) is 8.15. The Kier molecular flexibility index (Phi) is 4.27. The molecule has 1 rings (SSSR count). The maximum Gasteiger partial charge on any atom is 0.373 e. The van der Waals surface area contributed by atoms with Gasteiger partial charge < -0.3 is 11.5 Å². The number of anilines is 2. The van der Waals surface area contributed by atoms with Crippen LogP contribution in [-0.2, 0) is 9.59 Å². The molecule has 0 aliphatic carbocycles. The van der Waals surface area contributed by atoms with Crippen molar-refractivity contribution in [2.45, 2.75) is 13.8 Å². The van der Waals surface area contributed by atoms with Crippen molar-refractivity contribution in [2.24, 2.45) is 0 Å². The molecule has 0 fully saturated rings. The second-order valence-corrected chi connectivity index (χ2v) is 2.65. The molecule has 0 heterocycles. The molecule has 4 heteroatoms. The number of nitrogen functional groups attached to an aromatic ring is 2. The van der Waals surface area contributed by atoms with Gasteiger partial charge in [-0.1, -0.05) is 0 Å². The SMILES string of the molecule is Cc1cc(N)c(N)cc1C.O=C=O. The number of hydrogen-bond donors (Lipinski definition) is 2. The van der Waals surface area contributed by atoms with E-state index in [9.17, 15) is 0 Å². The van der Waals surface area contributed by atoms with Crippen LogP contribution in [0.1, 0.15) is 11.1 Å². The fraction of sp³-hybridized carbons (Fsp3) is 0.222. The van der Waals surface area contributed by atoms with Gasteiger partial charge in [-0.15, -0.1) is 0 Å². The number of nitrogens with two attached hydrogens (primary N) is 2. The van der Waals surface area contributed by atoms with Crippen LogP contribution in [0.2, 0.25) is 0 Å². The summed E-state index contributed by atoms with van der Waals surface area (Å²) in [6.45, 7) is 4.04. The summed E-state index contributed by atoms with van der Waals surface area (Å²) >= 11 is 0. The summed E-state index contributed by atoms with van der Waals surface area (Å²) in [5.41, 5.74) is 14.8. The van der Waals surface area contributed by atoms with E-state index in [1.165, 1.54) is 11.1 Å². The Morgan fingerprint density at radius 1 is 1.00 bits per heavy atom. The van der Waals surface area contributed by atoms with Crippen LogP contribution in [0.4, 0.5) is 11.4 Å². The van der Waals surface area contributed by atoms with E-state index in [0.29, 0.717) is 11.4 Å². The fourth-order valence-corrected chi connectivity index (χ4v) is 0.861. The Bertz CT molecular complexity index is 278. The Morgan fingerprint density at radius 2 is 1.23 bits per heavy atom. The van der Waals surface area contributed by atoms with Crippen molar-refractivity contribution in [3.05, 3.63) is 23.3 Å². The Balaban J connectivity index is 0.000000424. The molecule has 1 aromatic carbocycles. The van der Waals surface area contributed by atoms with E-state index in [1.807, 2.05) is 26.0 Å². The van der Waals surface area contributed by atoms with Crippen LogP contribution in [0.3, 0.4) is 0 Å². The van der Waals surface area contributed by atoms with Gasteiger partial charge in [0.2, 0.25) is 0 Å². The lowest BCUT2D eigenvalue weighted by atomic mass is 10.1. The average molecular weight is 180 g/mol. The second-order valence-electron chi connectivity index (χ2n) is 2.65. The first-order valence-corrected chi connectivity index (χ1v) is 3.64. The Labute approximate surface area is 76.5 Å². The summed E-state index contributed by atoms with van der Waals surface area (Å²) in [4.78, 5) is 16.2. The molecule has 0 spiro atoms. The molecule has 4 N–H and O–H groups in total. The molecule has 0 aliphatic rings. The number of carbonyl (C=O) groups excluding carboxylic acids is 2. The Morgan fingerprint density at radius 3 is 1.46 bits per heavy atom. The number of rotatable bonds is 0. The minimum atomic E-state index is 0.250. The molecule has 0 atom stereocenters. The molecule has 0 radical (unpaired) electrons. The summed E-state index contributed by atoms with van der Waals surface area (Å²) in [5, 5.41) is 0. The largest absolute Gasteiger partial charge is 0.397 e. The third kappa shape index (κ3) is 3.40. The third-order valence-corrected chi connectivity index (χ3v) is 1.70. The van der Waals surface area contributed by atoms with Crippen molar-refractivity contribution < 1.29 is 9.59 Å². The molecule has 13 heavy (non-hydrogen) atoms. The summed E-state index contributed by atoms with van der Waals surface area (Å²) in [5.74, 6) is 0. The molecule has 0 unspecified atom stereocenters. The van der Waals surface area contributed by atoms with Gasteiger partial charge in [0.05, 0.1) is 11.4 Å². The molecule has 4 nitrogen and oxygen atoms in total. The number of hydrogen-bond acceptors (Lipinski definition) is 4. The molecule has 0 amide bonds. The fourth-order valence-electron chi connectivity index (χ4n) is 0.861. The lowest BCUT2D eigenvalue weighted by molar-refractivity contribution is -0.191. The van der Waals surface area contributed by atoms with Crippen LogP contribution in [0.15, 0.2) is 12.1 Å². The lowest BCUT2D eigenvalue weighted by Gasteiger charge is -2.03. The molecular weight excluding hydrogens is 168 g/mol. The third-order valence-electron chi connectivity index (χ3n) is 1.70. The topological polar surface area (TPSA) is 86.2 Å². The van der Waals surface area contributed by atoms with Gasteiger partial charge in [0.15, 0.2) is 0 Å². The minimum Gasteiger partial charge on any atom is -0.397 e. The van der Waals surface area contributed by atoms with Gasteiger partial charge in [-0.25, -0.2) is 0 Å². The molecule has 0 aliphatic heterocycles. The van der Waals surface area contributed by atoms with Gasteiger partial charge in [0, 0.05) is 0 Å². The monoisotopic (exact) mass is 180 g/mol. The van der Waals surface area contributed by atoms with E-state index >= 15 is 0 Å². The van der Waals surface area contributed by atoms with Crippen LogP contribution in [0, 0.1) is 13.8 Å². The first kappa shape index (κ1) is 11.2. The van der Waals surface area contributed by atoms with Crippen LogP contribution >= 0.6 is 0 Å². The first-order chi connectivity index (χ1) is 6.02. The van der Waals surface area contributed by atoms with Crippen LogP contribution in [-0.4, -0.2) is 6.15 Å². The molecular formula is C9H12N2O2. The van der Waals surface area contributed by atoms with Crippen molar-refractivity contribution in [2.75, 3.05) is 11.5 Å². The number of benzene rings is 1. The molecule has 0 saturated carbocycles. The maximum atomic E-state index is 8.12. The van der Waals surface area contributed by atoms with E-state index < -0.39 is 0 Å². The zero-order valence-corrected chi connectivity index (χ0v) is 7.63. The standard InChI is InChI=1S/C8H12N2.CO2/c1-5-3-7(9)8(10)4-6(5)2;2-1-3/h3-4H,9-10H2,1-2H3;. The molecule has 1 aromatic rings. The zero-order valence-electron chi connectivity index (χ0n) is 7.63. The van der Waals surface area contributed by atoms with Crippen molar-refractivity contribution in [3.63, 3.8) is 0 Å². The first-order valence-electron chi connectivity index (χ1n) is 3.64. The second kappa shape index (κ2) is 4.95. The lowest BCUT2D eigenvalue weighted by Crippen LogP contribution is -1.96. The van der Waals surface area contributed by atoms with E-state index in [2.05, 4.69) is 0 Å². The van der Waals surface area contributed by atoms with Gasteiger partial charge in [-0.05, 0) is 37.1 Å². The van der Waals surface area contributed by atoms with E-state index in [0.717, 1.165) is 0 Å². The van der Waals surface area contributed by atoms with Gasteiger partial charge in [0.1, 0.15) is 0 Å². The van der Waals surface area contributed by atoms with Gasteiger partial charge in [0.25, 0.3) is 0 Å². The highest BCUT2D eigenvalue weighted by Crippen LogP contribution is 2.18. The van der Waals surface area contributed by atoms with Crippen LogP contribution in [0.25, 0.3) is 0 Å². The maximum absolute atomic E-state index is 8.12. The summed E-state index contributed by atoms with van der Waals surface area (Å²) in [6, 6.07) is 3.79. The quantitative estimate of drug-likeness (QED) is 0.580. The molecule has 0 aromatic heterocycles. The highest BCUT2D eigenvalue weighted by Gasteiger charge is 1.96.